The minimum atomic E-state index is 0.0164. The Hall–Kier alpha value is -3.44. The Labute approximate surface area is 195 Å². The molecule has 3 heterocycles. The summed E-state index contributed by atoms with van der Waals surface area (Å²) < 4.78 is 2.23. The van der Waals surface area contributed by atoms with E-state index in [0.717, 1.165) is 54.8 Å². The smallest absolute Gasteiger partial charge is 0.251 e. The monoisotopic (exact) mass is 438 g/mol. The van der Waals surface area contributed by atoms with Crippen molar-refractivity contribution in [1.29, 1.82) is 0 Å². The molecule has 0 spiro atoms. The number of benzene rings is 2. The zero-order chi connectivity index (χ0) is 22.6. The van der Waals surface area contributed by atoms with Crippen LogP contribution in [0.3, 0.4) is 0 Å². The first-order chi connectivity index (χ1) is 16.2. The lowest BCUT2D eigenvalue weighted by atomic mass is 9.93. The lowest BCUT2D eigenvalue weighted by Gasteiger charge is -2.37. The van der Waals surface area contributed by atoms with Gasteiger partial charge in [0, 0.05) is 61.1 Å². The normalized spacial score (nSPS) is 18.9. The average Bonchev–Trinajstić information content (AvgIpc) is 3.24. The van der Waals surface area contributed by atoms with E-state index in [1.54, 1.807) is 0 Å². The van der Waals surface area contributed by atoms with Gasteiger partial charge in [0.2, 0.25) is 0 Å². The molecular weight excluding hydrogens is 408 g/mol. The zero-order valence-corrected chi connectivity index (χ0v) is 19.0. The maximum atomic E-state index is 13.0. The van der Waals surface area contributed by atoms with E-state index in [1.807, 2.05) is 36.5 Å². The number of fused-ring (bicyclic) bond motifs is 1. The Morgan fingerprint density at radius 1 is 1.03 bits per heavy atom. The third kappa shape index (κ3) is 4.99. The van der Waals surface area contributed by atoms with Gasteiger partial charge in [0.05, 0.1) is 5.69 Å². The average molecular weight is 439 g/mol. The van der Waals surface area contributed by atoms with Crippen LogP contribution in [-0.4, -0.2) is 39.5 Å². The molecule has 1 saturated heterocycles. The molecule has 2 unspecified atom stereocenters. The number of nitrogens with zero attached hydrogens (tertiary/aromatic N) is 3. The standard InChI is InChI=1S/C28H30N4O/c1-21-18-31(20-25-9-5-6-14-29-25)15-13-26(21)30-28(33)24-10-11-27-23(17-24)12-16-32(27)19-22-7-3-2-4-8-22/h2-12,14,16-17,21,26H,13,15,18-20H2,1H3,(H,30,33). The summed E-state index contributed by atoms with van der Waals surface area (Å²) in [6.45, 7) is 5.84. The zero-order valence-electron chi connectivity index (χ0n) is 19.0. The number of aromatic nitrogens is 2. The van der Waals surface area contributed by atoms with Gasteiger partial charge in [-0.3, -0.25) is 14.7 Å². The molecule has 0 aliphatic carbocycles. The SMILES string of the molecule is CC1CN(Cc2ccccn2)CCC1NC(=O)c1ccc2c(ccn2Cc2ccccc2)c1. The van der Waals surface area contributed by atoms with Gasteiger partial charge in [0.15, 0.2) is 0 Å². The van der Waals surface area contributed by atoms with Crippen molar-refractivity contribution >= 4 is 16.8 Å². The highest BCUT2D eigenvalue weighted by molar-refractivity contribution is 5.98. The number of pyridine rings is 1. The fourth-order valence-electron chi connectivity index (χ4n) is 4.82. The fraction of sp³-hybridized carbons (Fsp3) is 0.286. The molecule has 4 aromatic rings. The van der Waals surface area contributed by atoms with Crippen LogP contribution in [0.5, 0.6) is 0 Å². The minimum Gasteiger partial charge on any atom is -0.349 e. The highest BCUT2D eigenvalue weighted by atomic mass is 16.1. The molecule has 1 fully saturated rings. The summed E-state index contributed by atoms with van der Waals surface area (Å²) in [6.07, 6.45) is 4.90. The van der Waals surface area contributed by atoms with E-state index in [9.17, 15) is 4.79 Å². The van der Waals surface area contributed by atoms with Crippen LogP contribution in [0, 0.1) is 5.92 Å². The maximum Gasteiger partial charge on any atom is 0.251 e. The van der Waals surface area contributed by atoms with Gasteiger partial charge in [-0.25, -0.2) is 0 Å². The highest BCUT2D eigenvalue weighted by Gasteiger charge is 2.27. The van der Waals surface area contributed by atoms with E-state index in [0.29, 0.717) is 5.92 Å². The number of rotatable bonds is 6. The second-order valence-electron chi connectivity index (χ2n) is 9.10. The molecule has 0 radical (unpaired) electrons. The first kappa shape index (κ1) is 21.4. The summed E-state index contributed by atoms with van der Waals surface area (Å²) in [5, 5.41) is 4.39. The van der Waals surface area contributed by atoms with Gasteiger partial charge in [0.25, 0.3) is 5.91 Å². The van der Waals surface area contributed by atoms with Gasteiger partial charge in [-0.05, 0) is 54.3 Å². The molecule has 0 saturated carbocycles. The Bertz CT molecular complexity index is 1220. The van der Waals surface area contributed by atoms with Crippen LogP contribution in [-0.2, 0) is 13.1 Å². The van der Waals surface area contributed by atoms with Gasteiger partial charge < -0.3 is 9.88 Å². The van der Waals surface area contributed by atoms with Crippen LogP contribution in [0.4, 0.5) is 0 Å². The summed E-state index contributed by atoms with van der Waals surface area (Å²) >= 11 is 0. The number of nitrogens with one attached hydrogen (secondary N) is 1. The van der Waals surface area contributed by atoms with Crippen LogP contribution in [0.2, 0.25) is 0 Å². The molecule has 5 heteroatoms. The van der Waals surface area contributed by atoms with Crippen molar-refractivity contribution in [2.45, 2.75) is 32.5 Å². The molecule has 1 aliphatic rings. The van der Waals surface area contributed by atoms with Crippen LogP contribution < -0.4 is 5.32 Å². The Morgan fingerprint density at radius 2 is 1.88 bits per heavy atom. The lowest BCUT2D eigenvalue weighted by molar-refractivity contribution is 0.0859. The maximum absolute atomic E-state index is 13.0. The third-order valence-corrected chi connectivity index (χ3v) is 6.65. The molecule has 33 heavy (non-hydrogen) atoms. The Kier molecular flexibility index (Phi) is 6.22. The number of hydrogen-bond acceptors (Lipinski definition) is 3. The lowest BCUT2D eigenvalue weighted by Crippen LogP contribution is -2.49. The Balaban J connectivity index is 1.21. The molecule has 168 valence electrons. The number of likely N-dealkylation sites (tertiary alicyclic amines) is 1. The van der Waals surface area contributed by atoms with Crippen molar-refractivity contribution in [3.05, 3.63) is 102 Å². The molecule has 5 rings (SSSR count). The van der Waals surface area contributed by atoms with E-state index in [-0.39, 0.29) is 11.9 Å². The van der Waals surface area contributed by atoms with Gasteiger partial charge >= 0.3 is 0 Å². The van der Waals surface area contributed by atoms with E-state index in [4.69, 9.17) is 0 Å². The van der Waals surface area contributed by atoms with Crippen LogP contribution in [0.25, 0.3) is 10.9 Å². The van der Waals surface area contributed by atoms with Crippen molar-refractivity contribution in [3.63, 3.8) is 0 Å². The number of piperidine rings is 1. The molecule has 1 amide bonds. The first-order valence-corrected chi connectivity index (χ1v) is 11.7. The summed E-state index contributed by atoms with van der Waals surface area (Å²) in [6, 6.07) is 24.8. The van der Waals surface area contributed by atoms with Gasteiger partial charge in [0.1, 0.15) is 0 Å². The highest BCUT2D eigenvalue weighted by Crippen LogP contribution is 2.22. The molecule has 5 nitrogen and oxygen atoms in total. The van der Waals surface area contributed by atoms with Crippen molar-refractivity contribution in [2.24, 2.45) is 5.92 Å². The van der Waals surface area contributed by atoms with E-state index < -0.39 is 0 Å². The molecule has 2 aromatic carbocycles. The summed E-state index contributed by atoms with van der Waals surface area (Å²) in [5.74, 6) is 0.407. The van der Waals surface area contributed by atoms with Crippen LogP contribution in [0.1, 0.15) is 35.0 Å². The number of amides is 1. The topological polar surface area (TPSA) is 50.2 Å². The predicted octanol–water partition coefficient (Wildman–Crippen LogP) is 4.73. The second kappa shape index (κ2) is 9.59. The minimum absolute atomic E-state index is 0.0164. The molecular formula is C28H30N4O. The Morgan fingerprint density at radius 3 is 2.67 bits per heavy atom. The van der Waals surface area contributed by atoms with Crippen molar-refractivity contribution < 1.29 is 4.79 Å². The number of hydrogen-bond donors (Lipinski definition) is 1. The quantitative estimate of drug-likeness (QED) is 0.474. The van der Waals surface area contributed by atoms with Crippen molar-refractivity contribution in [3.8, 4) is 0 Å². The fourth-order valence-corrected chi connectivity index (χ4v) is 4.82. The first-order valence-electron chi connectivity index (χ1n) is 11.7. The summed E-state index contributed by atoms with van der Waals surface area (Å²) in [5.41, 5.74) is 4.23. The van der Waals surface area contributed by atoms with Crippen LogP contribution >= 0.6 is 0 Å². The predicted molar refractivity (Wildman–Crippen MR) is 132 cm³/mol. The molecule has 0 bridgehead atoms. The van der Waals surface area contributed by atoms with E-state index in [1.165, 1.54) is 5.56 Å². The van der Waals surface area contributed by atoms with E-state index >= 15 is 0 Å². The van der Waals surface area contributed by atoms with Gasteiger partial charge in [-0.1, -0.05) is 43.3 Å². The third-order valence-electron chi connectivity index (χ3n) is 6.65. The molecule has 2 atom stereocenters. The molecule has 1 aliphatic heterocycles. The van der Waals surface area contributed by atoms with Gasteiger partial charge in [-0.2, -0.15) is 0 Å². The molecule has 1 N–H and O–H groups in total. The van der Waals surface area contributed by atoms with E-state index in [2.05, 4.69) is 75.4 Å². The van der Waals surface area contributed by atoms with Crippen LogP contribution in [0.15, 0.2) is 85.2 Å². The largest absolute Gasteiger partial charge is 0.349 e. The second-order valence-corrected chi connectivity index (χ2v) is 9.10. The number of carbonyl (C=O) groups is 1. The van der Waals surface area contributed by atoms with Crippen molar-refractivity contribution in [2.75, 3.05) is 13.1 Å². The number of carbonyl (C=O) groups excluding carboxylic acids is 1. The summed E-state index contributed by atoms with van der Waals surface area (Å²) in [4.78, 5) is 19.9. The molecule has 2 aromatic heterocycles. The summed E-state index contributed by atoms with van der Waals surface area (Å²) in [7, 11) is 0. The van der Waals surface area contributed by atoms with Gasteiger partial charge in [-0.15, -0.1) is 0 Å². The van der Waals surface area contributed by atoms with Crippen molar-refractivity contribution in [1.82, 2.24) is 19.8 Å².